The number of nitrogens with two attached hydrogens (primary N) is 1. The Balaban J connectivity index is 2.23. The van der Waals surface area contributed by atoms with Gasteiger partial charge < -0.3 is 25.6 Å². The Labute approximate surface area is 97.5 Å². The van der Waals surface area contributed by atoms with Crippen LogP contribution < -0.4 is 5.73 Å². The number of hydrogen-bond donors (Lipinski definition) is 3. The molecule has 0 bridgehead atoms. The fourth-order valence-corrected chi connectivity index (χ4v) is 1.79. The summed E-state index contributed by atoms with van der Waals surface area (Å²) in [5.41, 5.74) is 5.29. The molecule has 0 radical (unpaired) electrons. The molecule has 0 aromatic heterocycles. The highest BCUT2D eigenvalue weighted by Gasteiger charge is 2.44. The van der Waals surface area contributed by atoms with Gasteiger partial charge in [0.2, 0.25) is 0 Å². The minimum atomic E-state index is -1.17. The second-order valence-electron chi connectivity index (χ2n) is 4.01. The number of aliphatic imine (C=N–C) groups is 1. The van der Waals surface area contributed by atoms with Crippen LogP contribution in [0.25, 0.3) is 0 Å². The lowest BCUT2D eigenvalue weighted by Gasteiger charge is -2.30. The molecule has 7 heteroatoms. The Hall–Kier alpha value is -1.44. The van der Waals surface area contributed by atoms with Crippen molar-refractivity contribution >= 4 is 5.84 Å². The average molecular weight is 243 g/mol. The van der Waals surface area contributed by atoms with Crippen molar-refractivity contribution in [2.75, 3.05) is 0 Å². The molecule has 1 fully saturated rings. The van der Waals surface area contributed by atoms with E-state index in [1.807, 2.05) is 0 Å². The van der Waals surface area contributed by atoms with E-state index in [9.17, 15) is 14.6 Å². The number of ether oxygens (including phenoxy) is 1. The molecule has 17 heavy (non-hydrogen) atoms. The topological polar surface area (TPSA) is 91.3 Å². The second kappa shape index (κ2) is 4.10. The maximum Gasteiger partial charge on any atom is 0.181 e. The molecular weight excluding hydrogens is 229 g/mol. The van der Waals surface area contributed by atoms with E-state index in [4.69, 9.17) is 10.5 Å². The molecule has 0 spiro atoms. The number of aliphatic hydroxyl groups excluding tert-OH is 2. The molecule has 1 saturated heterocycles. The highest BCUT2D eigenvalue weighted by Crippen LogP contribution is 2.29. The molecule has 6 nitrogen and oxygen atoms in total. The van der Waals surface area contributed by atoms with Crippen LogP contribution in [0.5, 0.6) is 0 Å². The van der Waals surface area contributed by atoms with Crippen molar-refractivity contribution in [3.8, 4) is 0 Å². The Morgan fingerprint density at radius 3 is 2.71 bits per heavy atom. The molecule has 94 valence electrons. The van der Waals surface area contributed by atoms with Gasteiger partial charge in [0, 0.05) is 6.20 Å². The van der Waals surface area contributed by atoms with Crippen molar-refractivity contribution in [3.05, 3.63) is 24.4 Å². The number of hydrogen-bond acceptors (Lipinski definition) is 6. The smallest absolute Gasteiger partial charge is 0.181 e. The maximum atomic E-state index is 13.3. The average Bonchev–Trinajstić information content (AvgIpc) is 2.51. The van der Waals surface area contributed by atoms with Crippen LogP contribution in [0.1, 0.15) is 6.92 Å². The number of nitrogens with zero attached hydrogens (tertiary/aromatic N) is 2. The van der Waals surface area contributed by atoms with E-state index in [0.29, 0.717) is 0 Å². The van der Waals surface area contributed by atoms with Crippen LogP contribution in [0, 0.1) is 0 Å². The van der Waals surface area contributed by atoms with Crippen molar-refractivity contribution in [3.63, 3.8) is 0 Å². The van der Waals surface area contributed by atoms with Crippen LogP contribution in [-0.4, -0.2) is 45.5 Å². The van der Waals surface area contributed by atoms with E-state index >= 15 is 0 Å². The molecular formula is C10H14FN3O3. The summed E-state index contributed by atoms with van der Waals surface area (Å²) in [4.78, 5) is 4.90. The minimum Gasteiger partial charge on any atom is -0.388 e. The molecule has 4 atom stereocenters. The van der Waals surface area contributed by atoms with Gasteiger partial charge in [0.25, 0.3) is 0 Å². The van der Waals surface area contributed by atoms with Crippen LogP contribution >= 0.6 is 0 Å². The molecule has 0 aliphatic carbocycles. The van der Waals surface area contributed by atoms with Crippen molar-refractivity contribution in [1.29, 1.82) is 0 Å². The SMILES string of the molecule is C=C1N=C(N)C(F)=CN1[C@@H]1O[C@H](C)[C@@H](O)[C@H]1O. The summed E-state index contributed by atoms with van der Waals surface area (Å²) in [6, 6.07) is 0. The second-order valence-corrected chi connectivity index (χ2v) is 4.01. The molecule has 2 heterocycles. The lowest BCUT2D eigenvalue weighted by Crippen LogP contribution is -2.42. The monoisotopic (exact) mass is 243 g/mol. The lowest BCUT2D eigenvalue weighted by atomic mass is 10.1. The van der Waals surface area contributed by atoms with Crippen molar-refractivity contribution in [2.45, 2.75) is 31.5 Å². The molecule has 2 rings (SSSR count). The van der Waals surface area contributed by atoms with Gasteiger partial charge in [0.15, 0.2) is 17.9 Å². The zero-order valence-electron chi connectivity index (χ0n) is 9.25. The number of rotatable bonds is 1. The molecule has 2 aliphatic heterocycles. The fraction of sp³-hybridized carbons (Fsp3) is 0.500. The maximum absolute atomic E-state index is 13.3. The summed E-state index contributed by atoms with van der Waals surface area (Å²) in [6.07, 6.45) is -2.63. The first kappa shape index (κ1) is 12.0. The first-order chi connectivity index (χ1) is 7.91. The van der Waals surface area contributed by atoms with Crippen molar-refractivity contribution in [1.82, 2.24) is 4.90 Å². The van der Waals surface area contributed by atoms with Crippen LogP contribution in [0.2, 0.25) is 0 Å². The van der Waals surface area contributed by atoms with Gasteiger partial charge in [-0.15, -0.1) is 0 Å². The third-order valence-electron chi connectivity index (χ3n) is 2.80. The first-order valence-corrected chi connectivity index (χ1v) is 5.12. The summed E-state index contributed by atoms with van der Waals surface area (Å²) in [5, 5.41) is 19.3. The van der Waals surface area contributed by atoms with E-state index in [0.717, 1.165) is 6.20 Å². The van der Waals surface area contributed by atoms with Gasteiger partial charge in [-0.3, -0.25) is 0 Å². The van der Waals surface area contributed by atoms with Gasteiger partial charge in [-0.2, -0.15) is 0 Å². The van der Waals surface area contributed by atoms with E-state index in [2.05, 4.69) is 11.6 Å². The Morgan fingerprint density at radius 2 is 2.18 bits per heavy atom. The Morgan fingerprint density at radius 1 is 1.53 bits per heavy atom. The number of amidine groups is 1. The quantitative estimate of drug-likeness (QED) is 0.572. The zero-order valence-corrected chi connectivity index (χ0v) is 9.25. The van der Waals surface area contributed by atoms with Crippen molar-refractivity contribution < 1.29 is 19.3 Å². The third-order valence-corrected chi connectivity index (χ3v) is 2.80. The summed E-state index contributed by atoms with van der Waals surface area (Å²) in [5.74, 6) is -0.858. The molecule has 0 amide bonds. The van der Waals surface area contributed by atoms with Gasteiger partial charge in [-0.05, 0) is 6.92 Å². The Kier molecular flexibility index (Phi) is 2.90. The molecule has 2 aliphatic rings. The molecule has 0 unspecified atom stereocenters. The highest BCUT2D eigenvalue weighted by molar-refractivity contribution is 5.96. The Bertz CT molecular complexity index is 410. The van der Waals surface area contributed by atoms with E-state index in [-0.39, 0.29) is 11.7 Å². The van der Waals surface area contributed by atoms with E-state index in [1.54, 1.807) is 6.92 Å². The van der Waals surface area contributed by atoms with E-state index in [1.165, 1.54) is 4.90 Å². The normalized spacial score (nSPS) is 38.1. The van der Waals surface area contributed by atoms with Crippen molar-refractivity contribution in [2.24, 2.45) is 10.7 Å². The predicted octanol–water partition coefficient (Wildman–Crippen LogP) is -0.592. The summed E-state index contributed by atoms with van der Waals surface area (Å²) >= 11 is 0. The minimum absolute atomic E-state index is 0.147. The van der Waals surface area contributed by atoms with Gasteiger partial charge in [-0.1, -0.05) is 6.58 Å². The lowest BCUT2D eigenvalue weighted by molar-refractivity contribution is -0.0542. The van der Waals surface area contributed by atoms with Crippen LogP contribution in [-0.2, 0) is 4.74 Å². The number of aliphatic hydroxyl groups is 2. The highest BCUT2D eigenvalue weighted by atomic mass is 19.1. The third kappa shape index (κ3) is 1.92. The summed E-state index contributed by atoms with van der Waals surface area (Å²) in [7, 11) is 0. The summed E-state index contributed by atoms with van der Waals surface area (Å²) < 4.78 is 18.6. The largest absolute Gasteiger partial charge is 0.388 e. The molecule has 0 aromatic rings. The molecule has 0 saturated carbocycles. The first-order valence-electron chi connectivity index (χ1n) is 5.12. The van der Waals surface area contributed by atoms with Gasteiger partial charge in [0.05, 0.1) is 6.10 Å². The summed E-state index contributed by atoms with van der Waals surface area (Å²) in [6.45, 7) is 5.19. The predicted molar refractivity (Wildman–Crippen MR) is 58.1 cm³/mol. The van der Waals surface area contributed by atoms with Gasteiger partial charge >= 0.3 is 0 Å². The van der Waals surface area contributed by atoms with Crippen LogP contribution in [0.4, 0.5) is 4.39 Å². The standard InChI is InChI=1S/C10H14FN3O3/c1-4-7(15)8(16)10(17-4)14-3-6(11)9(12)13-5(14)2/h3-4,7-8,10,15-16H,2H2,1H3,(H2,12,13)/t4-,7-,8-,10-/m1/s1. The fourth-order valence-electron chi connectivity index (χ4n) is 1.79. The molecule has 4 N–H and O–H groups in total. The van der Waals surface area contributed by atoms with Gasteiger partial charge in [-0.25, -0.2) is 9.38 Å². The van der Waals surface area contributed by atoms with Crippen LogP contribution in [0.15, 0.2) is 29.4 Å². The van der Waals surface area contributed by atoms with Gasteiger partial charge in [0.1, 0.15) is 18.0 Å². The van der Waals surface area contributed by atoms with Crippen LogP contribution in [0.3, 0.4) is 0 Å². The number of halogens is 1. The molecule has 0 aromatic carbocycles. The van der Waals surface area contributed by atoms with E-state index < -0.39 is 30.4 Å². The zero-order chi connectivity index (χ0) is 12.7.